The lowest BCUT2D eigenvalue weighted by molar-refractivity contribution is -0.149. The van der Waals surface area contributed by atoms with Gasteiger partial charge in [-0.05, 0) is 25.7 Å². The molecule has 0 aliphatic carbocycles. The highest BCUT2D eigenvalue weighted by Gasteiger charge is 2.08. The molecule has 0 aliphatic rings. The van der Waals surface area contributed by atoms with Crippen molar-refractivity contribution in [1.29, 1.82) is 0 Å². The number of esters is 2. The van der Waals surface area contributed by atoms with Crippen molar-refractivity contribution in [3.8, 4) is 0 Å². The zero-order valence-electron chi connectivity index (χ0n) is 23.9. The van der Waals surface area contributed by atoms with Crippen LogP contribution < -0.4 is 0 Å². The average molecular weight is 507 g/mol. The predicted molar refractivity (Wildman–Crippen MR) is 153 cm³/mol. The molecule has 0 unspecified atom stereocenters. The van der Waals surface area contributed by atoms with Gasteiger partial charge >= 0.3 is 11.9 Å². The molecule has 0 heterocycles. The number of allylic oxidation sites excluding steroid dienone is 2. The Hall–Kier alpha value is -1.58. The van der Waals surface area contributed by atoms with Crippen LogP contribution in [0.2, 0.25) is 0 Å². The second kappa shape index (κ2) is 29.6. The first kappa shape index (κ1) is 34.4. The Morgan fingerprint density at radius 2 is 0.750 bits per heavy atom. The third-order valence-corrected chi connectivity index (χ3v) is 6.50. The molecule has 210 valence electrons. The molecule has 0 aromatic carbocycles. The highest BCUT2D eigenvalue weighted by Crippen LogP contribution is 2.11. The van der Waals surface area contributed by atoms with Gasteiger partial charge in [0, 0.05) is 0 Å². The van der Waals surface area contributed by atoms with Crippen LogP contribution in [0.15, 0.2) is 24.3 Å². The highest BCUT2D eigenvalue weighted by atomic mass is 16.5. The largest absolute Gasteiger partial charge is 0.461 e. The third-order valence-electron chi connectivity index (χ3n) is 6.50. The van der Waals surface area contributed by atoms with E-state index in [1.165, 1.54) is 116 Å². The number of ether oxygens (including phenoxy) is 2. The van der Waals surface area contributed by atoms with Gasteiger partial charge in [-0.2, -0.15) is 0 Å². The topological polar surface area (TPSA) is 52.6 Å². The van der Waals surface area contributed by atoms with Gasteiger partial charge in [-0.1, -0.05) is 141 Å². The van der Waals surface area contributed by atoms with Crippen molar-refractivity contribution >= 4 is 11.9 Å². The Morgan fingerprint density at radius 1 is 0.444 bits per heavy atom. The first-order chi connectivity index (χ1) is 17.7. The summed E-state index contributed by atoms with van der Waals surface area (Å²) < 4.78 is 10.3. The Balaban J connectivity index is 3.43. The summed E-state index contributed by atoms with van der Waals surface area (Å²) >= 11 is 0. The fraction of sp³-hybridized carbons (Fsp3) is 0.812. The maximum atomic E-state index is 11.8. The van der Waals surface area contributed by atoms with Crippen molar-refractivity contribution in [2.45, 2.75) is 155 Å². The molecular weight excluding hydrogens is 448 g/mol. The van der Waals surface area contributed by atoms with Crippen molar-refractivity contribution in [2.75, 3.05) is 13.2 Å². The molecule has 0 rings (SSSR count). The molecule has 4 heteroatoms. The molecule has 4 nitrogen and oxygen atoms in total. The van der Waals surface area contributed by atoms with Crippen LogP contribution in [0.25, 0.3) is 0 Å². The standard InChI is InChI=1S/C32H58O4/c1-3-5-7-9-11-13-15-17-19-21-23-25-29-35-31(33)27-28-32(34)36-30-26-24-22-20-18-16-14-12-10-8-6-4-2/h23-26H,3-22,27-30H2,1-2H3. The van der Waals surface area contributed by atoms with Gasteiger partial charge < -0.3 is 9.47 Å². The summed E-state index contributed by atoms with van der Waals surface area (Å²) in [5, 5.41) is 0. The Bertz CT molecular complexity index is 490. The Labute approximate surface area is 223 Å². The number of carbonyl (C=O) groups excluding carboxylic acids is 2. The van der Waals surface area contributed by atoms with Gasteiger partial charge in [0.25, 0.3) is 0 Å². The molecule has 0 atom stereocenters. The van der Waals surface area contributed by atoms with Gasteiger partial charge in [0.05, 0.1) is 12.8 Å². The van der Waals surface area contributed by atoms with E-state index < -0.39 is 0 Å². The molecule has 0 amide bonds. The minimum atomic E-state index is -0.347. The first-order valence-electron chi connectivity index (χ1n) is 15.3. The van der Waals surface area contributed by atoms with Gasteiger partial charge in [-0.25, -0.2) is 0 Å². The van der Waals surface area contributed by atoms with E-state index in [1.54, 1.807) is 0 Å². The first-order valence-corrected chi connectivity index (χ1v) is 15.3. The molecule has 0 saturated heterocycles. The van der Waals surface area contributed by atoms with Gasteiger partial charge in [-0.15, -0.1) is 0 Å². The number of hydrogen-bond acceptors (Lipinski definition) is 4. The van der Waals surface area contributed by atoms with E-state index in [-0.39, 0.29) is 38.0 Å². The van der Waals surface area contributed by atoms with Crippen LogP contribution >= 0.6 is 0 Å². The summed E-state index contributed by atoms with van der Waals surface area (Å²) in [6.45, 7) is 5.08. The van der Waals surface area contributed by atoms with Crippen LogP contribution in [0.1, 0.15) is 155 Å². The fourth-order valence-corrected chi connectivity index (χ4v) is 4.15. The van der Waals surface area contributed by atoms with Crippen LogP contribution in [0.4, 0.5) is 0 Å². The second-order valence-corrected chi connectivity index (χ2v) is 10.0. The van der Waals surface area contributed by atoms with Crippen molar-refractivity contribution in [3.05, 3.63) is 24.3 Å². The summed E-state index contributed by atoms with van der Waals surface area (Å²) in [6.07, 6.45) is 34.1. The Kier molecular flexibility index (Phi) is 28.3. The average Bonchev–Trinajstić information content (AvgIpc) is 2.88. The van der Waals surface area contributed by atoms with Crippen LogP contribution in [-0.2, 0) is 19.1 Å². The van der Waals surface area contributed by atoms with Gasteiger partial charge in [-0.3, -0.25) is 9.59 Å². The van der Waals surface area contributed by atoms with Gasteiger partial charge in [0.15, 0.2) is 0 Å². The molecule has 0 aromatic rings. The zero-order valence-corrected chi connectivity index (χ0v) is 23.9. The van der Waals surface area contributed by atoms with E-state index in [0.717, 1.165) is 12.8 Å². The van der Waals surface area contributed by atoms with E-state index in [0.29, 0.717) is 0 Å². The Morgan fingerprint density at radius 3 is 1.08 bits per heavy atom. The molecule has 0 aromatic heterocycles. The lowest BCUT2D eigenvalue weighted by Gasteiger charge is -2.03. The minimum absolute atomic E-state index is 0.0765. The molecule has 0 saturated carbocycles. The summed E-state index contributed by atoms with van der Waals surface area (Å²) in [5.41, 5.74) is 0. The monoisotopic (exact) mass is 506 g/mol. The lowest BCUT2D eigenvalue weighted by Crippen LogP contribution is -2.10. The highest BCUT2D eigenvalue weighted by molar-refractivity contribution is 5.77. The molecule has 0 aliphatic heterocycles. The van der Waals surface area contributed by atoms with E-state index in [9.17, 15) is 9.59 Å². The number of hydrogen-bond donors (Lipinski definition) is 0. The third kappa shape index (κ3) is 28.7. The fourth-order valence-electron chi connectivity index (χ4n) is 4.15. The maximum absolute atomic E-state index is 11.8. The van der Waals surface area contributed by atoms with E-state index in [2.05, 4.69) is 26.0 Å². The predicted octanol–water partition coefficient (Wildman–Crippen LogP) is 9.81. The van der Waals surface area contributed by atoms with Crippen molar-refractivity contribution in [2.24, 2.45) is 0 Å². The van der Waals surface area contributed by atoms with Crippen molar-refractivity contribution in [1.82, 2.24) is 0 Å². The lowest BCUT2D eigenvalue weighted by atomic mass is 10.1. The quantitative estimate of drug-likeness (QED) is 0.0632. The van der Waals surface area contributed by atoms with Crippen molar-refractivity contribution in [3.63, 3.8) is 0 Å². The van der Waals surface area contributed by atoms with Crippen LogP contribution in [0.3, 0.4) is 0 Å². The van der Waals surface area contributed by atoms with Gasteiger partial charge in [0.2, 0.25) is 0 Å². The van der Waals surface area contributed by atoms with E-state index >= 15 is 0 Å². The summed E-state index contributed by atoms with van der Waals surface area (Å²) in [6, 6.07) is 0. The van der Waals surface area contributed by atoms with Crippen LogP contribution in [0.5, 0.6) is 0 Å². The summed E-state index contributed by atoms with van der Waals surface area (Å²) in [7, 11) is 0. The smallest absolute Gasteiger partial charge is 0.306 e. The molecule has 0 radical (unpaired) electrons. The van der Waals surface area contributed by atoms with Crippen LogP contribution in [0, 0.1) is 0 Å². The molecule has 0 spiro atoms. The molecule has 36 heavy (non-hydrogen) atoms. The number of unbranched alkanes of at least 4 members (excludes halogenated alkanes) is 18. The SMILES string of the molecule is CCCCCCCCCCCC=CCOC(=O)CCC(=O)OCC=CCCCCCCCCCCC. The minimum Gasteiger partial charge on any atom is -0.461 e. The summed E-state index contributed by atoms with van der Waals surface area (Å²) in [4.78, 5) is 23.5. The summed E-state index contributed by atoms with van der Waals surface area (Å²) in [5.74, 6) is -0.693. The van der Waals surface area contributed by atoms with E-state index in [1.807, 2.05) is 12.2 Å². The molecule has 0 N–H and O–H groups in total. The van der Waals surface area contributed by atoms with Crippen LogP contribution in [-0.4, -0.2) is 25.2 Å². The molecule has 0 bridgehead atoms. The normalized spacial score (nSPS) is 11.5. The number of carbonyl (C=O) groups is 2. The second-order valence-electron chi connectivity index (χ2n) is 10.0. The van der Waals surface area contributed by atoms with Gasteiger partial charge in [0.1, 0.15) is 13.2 Å². The molecule has 0 fully saturated rings. The number of rotatable bonds is 27. The zero-order chi connectivity index (χ0) is 26.4. The maximum Gasteiger partial charge on any atom is 0.306 e. The van der Waals surface area contributed by atoms with E-state index in [4.69, 9.17) is 9.47 Å². The molecular formula is C32H58O4. The van der Waals surface area contributed by atoms with Crippen molar-refractivity contribution < 1.29 is 19.1 Å².